The van der Waals surface area contributed by atoms with Gasteiger partial charge in [-0.05, 0) is 31.2 Å². The topological polar surface area (TPSA) is 83.5 Å². The Kier molecular flexibility index (Phi) is 4.72. The van der Waals surface area contributed by atoms with Gasteiger partial charge in [-0.15, -0.1) is 0 Å². The van der Waals surface area contributed by atoms with E-state index >= 15 is 0 Å². The van der Waals surface area contributed by atoms with Crippen molar-refractivity contribution in [2.75, 3.05) is 25.4 Å². The molecule has 21 heavy (non-hydrogen) atoms. The van der Waals surface area contributed by atoms with Gasteiger partial charge in [0, 0.05) is 25.7 Å². The first-order valence-corrected chi connectivity index (χ1v) is 9.93. The molecule has 1 saturated heterocycles. The van der Waals surface area contributed by atoms with Crippen LogP contribution in [0.15, 0.2) is 34.1 Å². The number of hydrogen-bond donors (Lipinski definition) is 1. The minimum absolute atomic E-state index is 0.00555. The standard InChI is InChI=1S/C13H20N2O4S2/c1-3-20(16,17)12-4-6-13(7-5-12)21(18,19)15-9-8-14-11(2)10-15/h4-7,11,14H,3,8-10H2,1-2H3/t11-/m0/s1. The fourth-order valence-corrected chi connectivity index (χ4v) is 4.66. The van der Waals surface area contributed by atoms with E-state index in [1.54, 1.807) is 6.92 Å². The molecule has 0 radical (unpaired) electrons. The van der Waals surface area contributed by atoms with Crippen LogP contribution in [0.3, 0.4) is 0 Å². The Balaban J connectivity index is 2.29. The summed E-state index contributed by atoms with van der Waals surface area (Å²) in [5, 5.41) is 3.19. The lowest BCUT2D eigenvalue weighted by molar-refractivity contribution is 0.310. The fourth-order valence-electron chi connectivity index (χ4n) is 2.25. The van der Waals surface area contributed by atoms with Crippen LogP contribution in [-0.4, -0.2) is 52.6 Å². The molecule has 0 aliphatic carbocycles. The van der Waals surface area contributed by atoms with E-state index in [1.807, 2.05) is 6.92 Å². The minimum Gasteiger partial charge on any atom is -0.312 e. The molecule has 2 rings (SSSR count). The number of sulfone groups is 1. The van der Waals surface area contributed by atoms with E-state index in [-0.39, 0.29) is 21.6 Å². The van der Waals surface area contributed by atoms with Crippen LogP contribution in [0.4, 0.5) is 0 Å². The zero-order valence-electron chi connectivity index (χ0n) is 12.1. The third kappa shape index (κ3) is 3.45. The monoisotopic (exact) mass is 332 g/mol. The molecule has 0 unspecified atom stereocenters. The summed E-state index contributed by atoms with van der Waals surface area (Å²) in [7, 11) is -6.88. The third-order valence-corrected chi connectivity index (χ3v) is 7.16. The molecule has 0 spiro atoms. The Labute approximate surface area is 126 Å². The zero-order valence-corrected chi connectivity index (χ0v) is 13.7. The summed E-state index contributed by atoms with van der Waals surface area (Å²) in [6.07, 6.45) is 0. The van der Waals surface area contributed by atoms with Crippen molar-refractivity contribution in [2.24, 2.45) is 0 Å². The van der Waals surface area contributed by atoms with Gasteiger partial charge >= 0.3 is 0 Å². The molecular weight excluding hydrogens is 312 g/mol. The summed E-state index contributed by atoms with van der Waals surface area (Å²) in [5.74, 6) is -0.00555. The third-order valence-electron chi connectivity index (χ3n) is 3.53. The van der Waals surface area contributed by atoms with E-state index < -0.39 is 19.9 Å². The Morgan fingerprint density at radius 1 is 1.14 bits per heavy atom. The normalized spacial score (nSPS) is 21.3. The van der Waals surface area contributed by atoms with Crippen LogP contribution < -0.4 is 5.32 Å². The number of hydrogen-bond acceptors (Lipinski definition) is 5. The largest absolute Gasteiger partial charge is 0.312 e. The van der Waals surface area contributed by atoms with Crippen molar-refractivity contribution >= 4 is 19.9 Å². The highest BCUT2D eigenvalue weighted by atomic mass is 32.2. The number of rotatable bonds is 4. The molecule has 0 saturated carbocycles. The van der Waals surface area contributed by atoms with Gasteiger partial charge in [0.2, 0.25) is 10.0 Å². The SMILES string of the molecule is CCS(=O)(=O)c1ccc(S(=O)(=O)N2CCN[C@@H](C)C2)cc1. The number of nitrogens with one attached hydrogen (secondary N) is 1. The molecule has 1 aromatic carbocycles. The van der Waals surface area contributed by atoms with Gasteiger partial charge in [-0.25, -0.2) is 16.8 Å². The Morgan fingerprint density at radius 3 is 2.24 bits per heavy atom. The van der Waals surface area contributed by atoms with Gasteiger partial charge in [-0.2, -0.15) is 4.31 Å². The molecule has 1 heterocycles. The summed E-state index contributed by atoms with van der Waals surface area (Å²) >= 11 is 0. The maximum Gasteiger partial charge on any atom is 0.243 e. The lowest BCUT2D eigenvalue weighted by atomic mass is 10.3. The Morgan fingerprint density at radius 2 is 1.71 bits per heavy atom. The van der Waals surface area contributed by atoms with E-state index in [1.165, 1.54) is 28.6 Å². The summed E-state index contributed by atoms with van der Waals surface area (Å²) in [4.78, 5) is 0.282. The molecule has 1 aliphatic heterocycles. The summed E-state index contributed by atoms with van der Waals surface area (Å²) < 4.78 is 49.9. The molecule has 0 aromatic heterocycles. The van der Waals surface area contributed by atoms with Crippen molar-refractivity contribution in [3.8, 4) is 0 Å². The van der Waals surface area contributed by atoms with Gasteiger partial charge in [0.25, 0.3) is 0 Å². The minimum atomic E-state index is -3.57. The first-order chi connectivity index (χ1) is 9.77. The smallest absolute Gasteiger partial charge is 0.243 e. The second-order valence-electron chi connectivity index (χ2n) is 5.09. The highest BCUT2D eigenvalue weighted by molar-refractivity contribution is 7.91. The molecule has 1 aliphatic rings. The van der Waals surface area contributed by atoms with Crippen LogP contribution in [-0.2, 0) is 19.9 Å². The van der Waals surface area contributed by atoms with E-state index in [4.69, 9.17) is 0 Å². The molecule has 0 amide bonds. The fraction of sp³-hybridized carbons (Fsp3) is 0.538. The first-order valence-electron chi connectivity index (χ1n) is 6.83. The maximum absolute atomic E-state index is 12.5. The van der Waals surface area contributed by atoms with Gasteiger partial charge in [-0.1, -0.05) is 6.92 Å². The molecule has 1 aromatic rings. The number of piperazine rings is 1. The van der Waals surface area contributed by atoms with Gasteiger partial charge in [0.1, 0.15) is 0 Å². The summed E-state index contributed by atoms with van der Waals surface area (Å²) in [5.41, 5.74) is 0. The molecule has 1 N–H and O–H groups in total. The number of benzene rings is 1. The lowest BCUT2D eigenvalue weighted by Gasteiger charge is -2.31. The van der Waals surface area contributed by atoms with Crippen molar-refractivity contribution in [1.29, 1.82) is 0 Å². The van der Waals surface area contributed by atoms with Crippen molar-refractivity contribution in [3.05, 3.63) is 24.3 Å². The van der Waals surface area contributed by atoms with Crippen molar-refractivity contribution in [2.45, 2.75) is 29.7 Å². The van der Waals surface area contributed by atoms with E-state index in [0.717, 1.165) is 0 Å². The molecule has 8 heteroatoms. The maximum atomic E-state index is 12.5. The Bertz CT molecular complexity index is 696. The van der Waals surface area contributed by atoms with Crippen LogP contribution in [0.25, 0.3) is 0 Å². The number of nitrogens with zero attached hydrogens (tertiary/aromatic N) is 1. The lowest BCUT2D eigenvalue weighted by Crippen LogP contribution is -2.51. The van der Waals surface area contributed by atoms with Gasteiger partial charge in [0.15, 0.2) is 9.84 Å². The van der Waals surface area contributed by atoms with Crippen LogP contribution in [0, 0.1) is 0 Å². The first kappa shape index (κ1) is 16.4. The predicted molar refractivity (Wildman–Crippen MR) is 80.4 cm³/mol. The molecule has 1 fully saturated rings. The molecule has 6 nitrogen and oxygen atoms in total. The van der Waals surface area contributed by atoms with Crippen LogP contribution >= 0.6 is 0 Å². The van der Waals surface area contributed by atoms with Crippen LogP contribution in [0.2, 0.25) is 0 Å². The highest BCUT2D eigenvalue weighted by Crippen LogP contribution is 2.20. The van der Waals surface area contributed by atoms with Gasteiger partial charge in [-0.3, -0.25) is 0 Å². The Hall–Kier alpha value is -0.960. The zero-order chi connectivity index (χ0) is 15.7. The molecule has 0 bridgehead atoms. The number of sulfonamides is 1. The summed E-state index contributed by atoms with van der Waals surface area (Å²) in [6, 6.07) is 5.55. The average Bonchev–Trinajstić information content (AvgIpc) is 2.47. The van der Waals surface area contributed by atoms with Crippen LogP contribution in [0.1, 0.15) is 13.8 Å². The molecular formula is C13H20N2O4S2. The van der Waals surface area contributed by atoms with Gasteiger partial charge < -0.3 is 5.32 Å². The summed E-state index contributed by atoms with van der Waals surface area (Å²) in [6.45, 7) is 4.93. The van der Waals surface area contributed by atoms with Gasteiger partial charge in [0.05, 0.1) is 15.5 Å². The van der Waals surface area contributed by atoms with Crippen LogP contribution in [0.5, 0.6) is 0 Å². The van der Waals surface area contributed by atoms with Crippen molar-refractivity contribution in [1.82, 2.24) is 9.62 Å². The van der Waals surface area contributed by atoms with Crippen molar-refractivity contribution < 1.29 is 16.8 Å². The van der Waals surface area contributed by atoms with E-state index in [2.05, 4.69) is 5.32 Å². The van der Waals surface area contributed by atoms with E-state index in [9.17, 15) is 16.8 Å². The molecule has 118 valence electrons. The quantitative estimate of drug-likeness (QED) is 0.866. The highest BCUT2D eigenvalue weighted by Gasteiger charge is 2.28. The second-order valence-corrected chi connectivity index (χ2v) is 9.31. The second kappa shape index (κ2) is 6.04. The van der Waals surface area contributed by atoms with E-state index in [0.29, 0.717) is 19.6 Å². The average molecular weight is 332 g/mol. The van der Waals surface area contributed by atoms with Crippen molar-refractivity contribution in [3.63, 3.8) is 0 Å². The molecule has 1 atom stereocenters. The predicted octanol–water partition coefficient (Wildman–Crippen LogP) is 0.463.